The second-order valence-corrected chi connectivity index (χ2v) is 5.87. The smallest absolute Gasteiger partial charge is 0.335 e. The summed E-state index contributed by atoms with van der Waals surface area (Å²) in [7, 11) is 0. The van der Waals surface area contributed by atoms with Gasteiger partial charge < -0.3 is 9.84 Å². The summed E-state index contributed by atoms with van der Waals surface area (Å²) in [5.41, 5.74) is 2.64. The molecule has 0 fully saturated rings. The molecule has 1 N–H and O–H groups in total. The summed E-state index contributed by atoms with van der Waals surface area (Å²) in [6.45, 7) is 0. The molecule has 0 spiro atoms. The van der Waals surface area contributed by atoms with Crippen molar-refractivity contribution in [3.8, 4) is 5.75 Å². The Morgan fingerprint density at radius 3 is 2.04 bits per heavy atom. The molecular weight excluding hydrogens is 312 g/mol. The van der Waals surface area contributed by atoms with E-state index in [-0.39, 0.29) is 11.7 Å². The molecule has 0 heterocycles. The number of benzene rings is 3. The number of aryl methyl sites for hydroxylation is 1. The number of carboxylic acids is 1. The number of aromatic carboxylic acids is 1. The maximum Gasteiger partial charge on any atom is 0.335 e. The summed E-state index contributed by atoms with van der Waals surface area (Å²) in [4.78, 5) is 11.0. The van der Waals surface area contributed by atoms with Gasteiger partial charge in [-0.15, -0.1) is 0 Å². The van der Waals surface area contributed by atoms with E-state index in [1.165, 1.54) is 5.56 Å². The highest BCUT2D eigenvalue weighted by atomic mass is 16.5. The zero-order chi connectivity index (χ0) is 17.5. The second-order valence-electron chi connectivity index (χ2n) is 5.87. The molecule has 0 radical (unpaired) electrons. The molecule has 3 aromatic carbocycles. The van der Waals surface area contributed by atoms with Crippen LogP contribution in [0.5, 0.6) is 5.75 Å². The summed E-state index contributed by atoms with van der Waals surface area (Å²) < 4.78 is 6.16. The van der Waals surface area contributed by atoms with Gasteiger partial charge in [-0.2, -0.15) is 0 Å². The van der Waals surface area contributed by atoms with Crippen LogP contribution in [0.2, 0.25) is 0 Å². The summed E-state index contributed by atoms with van der Waals surface area (Å²) >= 11 is 0. The minimum atomic E-state index is -0.935. The van der Waals surface area contributed by atoms with Gasteiger partial charge in [0.1, 0.15) is 11.9 Å². The van der Waals surface area contributed by atoms with Crippen LogP contribution in [0, 0.1) is 0 Å². The van der Waals surface area contributed by atoms with Gasteiger partial charge in [0.15, 0.2) is 0 Å². The van der Waals surface area contributed by atoms with Crippen molar-refractivity contribution < 1.29 is 14.6 Å². The molecule has 0 aromatic heterocycles. The highest BCUT2D eigenvalue weighted by Gasteiger charge is 2.14. The van der Waals surface area contributed by atoms with Crippen molar-refractivity contribution in [3.63, 3.8) is 0 Å². The molecular formula is C22H20O3. The van der Waals surface area contributed by atoms with E-state index in [1.54, 1.807) is 24.3 Å². The van der Waals surface area contributed by atoms with Crippen molar-refractivity contribution in [2.24, 2.45) is 0 Å². The second kappa shape index (κ2) is 8.15. The first-order valence-electron chi connectivity index (χ1n) is 8.31. The van der Waals surface area contributed by atoms with Crippen LogP contribution < -0.4 is 4.74 Å². The van der Waals surface area contributed by atoms with E-state index < -0.39 is 5.97 Å². The van der Waals surface area contributed by atoms with Gasteiger partial charge in [-0.1, -0.05) is 60.7 Å². The van der Waals surface area contributed by atoms with Crippen molar-refractivity contribution in [1.29, 1.82) is 0 Å². The van der Waals surface area contributed by atoms with Crippen LogP contribution in [0.25, 0.3) is 0 Å². The molecule has 1 unspecified atom stereocenters. The lowest BCUT2D eigenvalue weighted by molar-refractivity contribution is 0.0697. The van der Waals surface area contributed by atoms with E-state index in [1.807, 2.05) is 36.4 Å². The van der Waals surface area contributed by atoms with Crippen molar-refractivity contribution in [2.45, 2.75) is 18.9 Å². The predicted octanol–water partition coefficient (Wildman–Crippen LogP) is 5.14. The van der Waals surface area contributed by atoms with E-state index in [4.69, 9.17) is 9.84 Å². The zero-order valence-electron chi connectivity index (χ0n) is 13.8. The lowest BCUT2D eigenvalue weighted by Crippen LogP contribution is -2.09. The third-order valence-corrected chi connectivity index (χ3v) is 4.09. The first-order valence-corrected chi connectivity index (χ1v) is 8.31. The molecule has 0 amide bonds. The Bertz CT molecular complexity index is 796. The third kappa shape index (κ3) is 4.70. The predicted molar refractivity (Wildman–Crippen MR) is 98.0 cm³/mol. The molecule has 3 rings (SSSR count). The van der Waals surface area contributed by atoms with Gasteiger partial charge in [-0.25, -0.2) is 4.79 Å². The Kier molecular flexibility index (Phi) is 5.47. The number of hydrogen-bond acceptors (Lipinski definition) is 2. The molecule has 3 aromatic rings. The van der Waals surface area contributed by atoms with Crippen LogP contribution in [0.15, 0.2) is 84.9 Å². The van der Waals surface area contributed by atoms with E-state index in [2.05, 4.69) is 24.3 Å². The molecule has 0 aliphatic heterocycles. The first kappa shape index (κ1) is 16.8. The minimum Gasteiger partial charge on any atom is -0.486 e. The molecule has 3 nitrogen and oxygen atoms in total. The highest BCUT2D eigenvalue weighted by molar-refractivity contribution is 5.87. The van der Waals surface area contributed by atoms with Crippen molar-refractivity contribution >= 4 is 5.97 Å². The Hall–Kier alpha value is -3.07. The number of rotatable bonds is 7. The molecule has 25 heavy (non-hydrogen) atoms. The molecule has 1 atom stereocenters. The van der Waals surface area contributed by atoms with Crippen LogP contribution >= 0.6 is 0 Å². The van der Waals surface area contributed by atoms with Gasteiger partial charge in [0.2, 0.25) is 0 Å². The van der Waals surface area contributed by atoms with Crippen LogP contribution in [0.4, 0.5) is 0 Å². The first-order chi connectivity index (χ1) is 12.2. The molecule has 126 valence electrons. The summed E-state index contributed by atoms with van der Waals surface area (Å²) in [5, 5.41) is 9.01. The van der Waals surface area contributed by atoms with Crippen molar-refractivity contribution in [3.05, 3.63) is 102 Å². The molecule has 3 heteroatoms. The summed E-state index contributed by atoms with van der Waals surface area (Å²) in [5.74, 6) is -0.262. The standard InChI is InChI=1S/C22H20O3/c23-22(24)19-12-14-20(15-13-19)25-21(18-9-5-2-6-10-18)16-11-17-7-3-1-4-8-17/h1-10,12-15,21H,11,16H2,(H,23,24). The minimum absolute atomic E-state index is 0.0860. The molecule has 0 saturated heterocycles. The Labute approximate surface area is 147 Å². The average Bonchev–Trinajstić information content (AvgIpc) is 2.67. The average molecular weight is 332 g/mol. The lowest BCUT2D eigenvalue weighted by Gasteiger charge is -2.20. The van der Waals surface area contributed by atoms with Gasteiger partial charge in [-0.05, 0) is 48.2 Å². The lowest BCUT2D eigenvalue weighted by atomic mass is 10.0. The zero-order valence-corrected chi connectivity index (χ0v) is 13.8. The van der Waals surface area contributed by atoms with Gasteiger partial charge in [0.05, 0.1) is 5.56 Å². The quantitative estimate of drug-likeness (QED) is 0.652. The largest absolute Gasteiger partial charge is 0.486 e. The molecule has 0 aliphatic rings. The van der Waals surface area contributed by atoms with Gasteiger partial charge in [0.25, 0.3) is 0 Å². The summed E-state index contributed by atoms with van der Waals surface area (Å²) in [6.07, 6.45) is 1.67. The van der Waals surface area contributed by atoms with Gasteiger partial charge in [-0.3, -0.25) is 0 Å². The van der Waals surface area contributed by atoms with Gasteiger partial charge >= 0.3 is 5.97 Å². The number of carbonyl (C=O) groups is 1. The maximum atomic E-state index is 11.0. The Balaban J connectivity index is 1.75. The van der Waals surface area contributed by atoms with Crippen LogP contribution in [-0.2, 0) is 6.42 Å². The topological polar surface area (TPSA) is 46.5 Å². The SMILES string of the molecule is O=C(O)c1ccc(OC(CCc2ccccc2)c2ccccc2)cc1. The van der Waals surface area contributed by atoms with E-state index in [0.717, 1.165) is 18.4 Å². The van der Waals surface area contributed by atoms with Crippen molar-refractivity contribution in [2.75, 3.05) is 0 Å². The van der Waals surface area contributed by atoms with E-state index >= 15 is 0 Å². The van der Waals surface area contributed by atoms with Crippen LogP contribution in [0.1, 0.15) is 34.0 Å². The molecule has 0 saturated carbocycles. The summed E-state index contributed by atoms with van der Waals surface area (Å²) in [6, 6.07) is 27.0. The maximum absolute atomic E-state index is 11.0. The fraction of sp³-hybridized carbons (Fsp3) is 0.136. The number of hydrogen-bond donors (Lipinski definition) is 1. The van der Waals surface area contributed by atoms with Gasteiger partial charge in [0, 0.05) is 0 Å². The van der Waals surface area contributed by atoms with Crippen LogP contribution in [-0.4, -0.2) is 11.1 Å². The Morgan fingerprint density at radius 2 is 1.44 bits per heavy atom. The normalized spacial score (nSPS) is 11.7. The molecule has 0 aliphatic carbocycles. The number of ether oxygens (including phenoxy) is 1. The van der Waals surface area contributed by atoms with Crippen LogP contribution in [0.3, 0.4) is 0 Å². The van der Waals surface area contributed by atoms with E-state index in [9.17, 15) is 4.79 Å². The monoisotopic (exact) mass is 332 g/mol. The third-order valence-electron chi connectivity index (χ3n) is 4.09. The fourth-order valence-electron chi connectivity index (χ4n) is 2.74. The number of carboxylic acid groups (broad SMARTS) is 1. The Morgan fingerprint density at radius 1 is 0.840 bits per heavy atom. The van der Waals surface area contributed by atoms with Crippen molar-refractivity contribution in [1.82, 2.24) is 0 Å². The van der Waals surface area contributed by atoms with E-state index in [0.29, 0.717) is 5.75 Å². The molecule has 0 bridgehead atoms. The fourth-order valence-corrected chi connectivity index (χ4v) is 2.74. The highest BCUT2D eigenvalue weighted by Crippen LogP contribution is 2.26.